The van der Waals surface area contributed by atoms with Crippen LogP contribution in [0.15, 0.2) is 65.6 Å². The van der Waals surface area contributed by atoms with Gasteiger partial charge in [-0.15, -0.1) is 0 Å². The van der Waals surface area contributed by atoms with Crippen LogP contribution in [0.3, 0.4) is 0 Å². The predicted molar refractivity (Wildman–Crippen MR) is 112 cm³/mol. The number of nitrogens with one attached hydrogen (secondary N) is 1. The number of hydrogen-bond acceptors (Lipinski definition) is 5. The van der Waals surface area contributed by atoms with Crippen LogP contribution < -0.4 is 9.62 Å². The van der Waals surface area contributed by atoms with E-state index < -0.39 is 45.9 Å². The summed E-state index contributed by atoms with van der Waals surface area (Å²) in [4.78, 5) is 24.4. The Balaban J connectivity index is 1.33. The number of carboxylic acid groups (broad SMARTS) is 1. The monoisotopic (exact) mass is 440 g/mol. The first-order chi connectivity index (χ1) is 14.9. The molecule has 0 aliphatic carbocycles. The van der Waals surface area contributed by atoms with Crippen LogP contribution >= 0.6 is 0 Å². The quantitative estimate of drug-likeness (QED) is 0.688. The van der Waals surface area contributed by atoms with Crippen molar-refractivity contribution in [1.82, 2.24) is 0 Å². The zero-order chi connectivity index (χ0) is 21.8. The highest BCUT2D eigenvalue weighted by molar-refractivity contribution is 7.92. The number of amides is 1. The number of anilines is 2. The Bertz CT molecular complexity index is 1190. The molecule has 1 saturated heterocycles. The minimum atomic E-state index is -3.73. The minimum Gasteiger partial charge on any atom is -0.481 e. The third-order valence-corrected chi connectivity index (χ3v) is 7.87. The van der Waals surface area contributed by atoms with E-state index in [1.807, 2.05) is 18.2 Å². The van der Waals surface area contributed by atoms with Crippen molar-refractivity contribution in [3.8, 4) is 0 Å². The van der Waals surface area contributed by atoms with Crippen molar-refractivity contribution in [2.24, 2.45) is 11.8 Å². The van der Waals surface area contributed by atoms with Crippen LogP contribution in [0.1, 0.15) is 5.56 Å². The Morgan fingerprint density at radius 2 is 1.68 bits per heavy atom. The zero-order valence-corrected chi connectivity index (χ0v) is 17.2. The molecule has 2 aromatic carbocycles. The summed E-state index contributed by atoms with van der Waals surface area (Å²) in [6.07, 6.45) is 2.87. The molecule has 31 heavy (non-hydrogen) atoms. The molecule has 0 saturated carbocycles. The zero-order valence-electron chi connectivity index (χ0n) is 16.3. The Labute approximate surface area is 179 Å². The molecule has 0 aromatic heterocycles. The van der Waals surface area contributed by atoms with Gasteiger partial charge in [-0.3, -0.25) is 13.9 Å². The predicted octanol–water partition coefficient (Wildman–Crippen LogP) is 2.03. The van der Waals surface area contributed by atoms with Crippen LogP contribution in [0.25, 0.3) is 0 Å². The second-order valence-corrected chi connectivity index (χ2v) is 9.67. The molecule has 5 rings (SSSR count). The fourth-order valence-corrected chi connectivity index (χ4v) is 6.04. The SMILES string of the molecule is O=C(O)[C@@H]1[C@H](C(=O)Nc2ccc(S(=O)(=O)N3CCc4ccccc43)cc2)[C@@H]2C=C[C@@H]1O2. The topological polar surface area (TPSA) is 113 Å². The van der Waals surface area contributed by atoms with E-state index in [0.717, 1.165) is 5.56 Å². The van der Waals surface area contributed by atoms with E-state index in [-0.39, 0.29) is 4.90 Å². The number of aliphatic carboxylic acids is 1. The van der Waals surface area contributed by atoms with Crippen molar-refractivity contribution < 1.29 is 27.9 Å². The Hall–Kier alpha value is -3.17. The van der Waals surface area contributed by atoms with Gasteiger partial charge in [0.2, 0.25) is 5.91 Å². The molecular formula is C22H20N2O6S. The molecule has 2 bridgehead atoms. The van der Waals surface area contributed by atoms with Crippen molar-refractivity contribution in [3.05, 3.63) is 66.2 Å². The molecule has 9 heteroatoms. The molecule has 1 amide bonds. The summed E-state index contributed by atoms with van der Waals surface area (Å²) in [6, 6.07) is 13.3. The number of nitrogens with zero attached hydrogens (tertiary/aromatic N) is 1. The third-order valence-electron chi connectivity index (χ3n) is 6.04. The van der Waals surface area contributed by atoms with Crippen LogP contribution in [-0.2, 0) is 30.8 Å². The molecule has 2 aromatic rings. The first kappa shape index (κ1) is 19.8. The lowest BCUT2D eigenvalue weighted by atomic mass is 9.82. The van der Waals surface area contributed by atoms with Crippen molar-refractivity contribution in [3.63, 3.8) is 0 Å². The summed E-state index contributed by atoms with van der Waals surface area (Å²) in [7, 11) is -3.73. The van der Waals surface area contributed by atoms with Crippen molar-refractivity contribution in [2.75, 3.05) is 16.2 Å². The first-order valence-corrected chi connectivity index (χ1v) is 11.4. The number of rotatable bonds is 5. The molecule has 8 nitrogen and oxygen atoms in total. The molecule has 2 N–H and O–H groups in total. The normalized spacial score (nSPS) is 26.1. The van der Waals surface area contributed by atoms with Crippen LogP contribution in [0.4, 0.5) is 11.4 Å². The van der Waals surface area contributed by atoms with Gasteiger partial charge in [-0.2, -0.15) is 0 Å². The smallest absolute Gasteiger partial charge is 0.310 e. The molecule has 1 fully saturated rings. The van der Waals surface area contributed by atoms with Crippen LogP contribution in [0, 0.1) is 11.8 Å². The molecule has 0 unspecified atom stereocenters. The highest BCUT2D eigenvalue weighted by atomic mass is 32.2. The number of carbonyl (C=O) groups excluding carboxylic acids is 1. The van der Waals surface area contributed by atoms with Gasteiger partial charge in [0.15, 0.2) is 0 Å². The highest BCUT2D eigenvalue weighted by Gasteiger charge is 2.53. The summed E-state index contributed by atoms with van der Waals surface area (Å²) in [5.41, 5.74) is 2.07. The number of fused-ring (bicyclic) bond motifs is 3. The van der Waals surface area contributed by atoms with E-state index >= 15 is 0 Å². The van der Waals surface area contributed by atoms with Crippen LogP contribution in [0.2, 0.25) is 0 Å². The lowest BCUT2D eigenvalue weighted by Gasteiger charge is -2.21. The Morgan fingerprint density at radius 3 is 2.39 bits per heavy atom. The van der Waals surface area contributed by atoms with Crippen LogP contribution in [0.5, 0.6) is 0 Å². The molecule has 4 atom stereocenters. The van der Waals surface area contributed by atoms with E-state index in [4.69, 9.17) is 4.74 Å². The third kappa shape index (κ3) is 3.21. The fraction of sp³-hybridized carbons (Fsp3) is 0.273. The molecule has 160 valence electrons. The van der Waals surface area contributed by atoms with Gasteiger partial charge in [-0.05, 0) is 42.3 Å². The van der Waals surface area contributed by atoms with Gasteiger partial charge in [-0.1, -0.05) is 30.4 Å². The second kappa shape index (κ2) is 7.21. The molecule has 0 spiro atoms. The first-order valence-electron chi connectivity index (χ1n) is 9.94. The highest BCUT2D eigenvalue weighted by Crippen LogP contribution is 2.40. The lowest BCUT2D eigenvalue weighted by molar-refractivity contribution is -0.145. The van der Waals surface area contributed by atoms with E-state index in [1.54, 1.807) is 18.2 Å². The largest absolute Gasteiger partial charge is 0.481 e. The van der Waals surface area contributed by atoms with Gasteiger partial charge in [-0.25, -0.2) is 8.42 Å². The summed E-state index contributed by atoms with van der Waals surface area (Å²) in [6.45, 7) is 0.383. The maximum absolute atomic E-state index is 13.1. The second-order valence-electron chi connectivity index (χ2n) is 7.81. The maximum Gasteiger partial charge on any atom is 0.310 e. The molecule has 3 aliphatic heterocycles. The van der Waals surface area contributed by atoms with Crippen molar-refractivity contribution >= 4 is 33.3 Å². The summed E-state index contributed by atoms with van der Waals surface area (Å²) < 4.78 is 33.1. The van der Waals surface area contributed by atoms with E-state index in [0.29, 0.717) is 24.3 Å². The average Bonchev–Trinajstić information content (AvgIpc) is 3.48. The van der Waals surface area contributed by atoms with Crippen molar-refractivity contribution in [1.29, 1.82) is 0 Å². The van der Waals surface area contributed by atoms with Gasteiger partial charge >= 0.3 is 5.97 Å². The molecular weight excluding hydrogens is 420 g/mol. The maximum atomic E-state index is 13.1. The van der Waals surface area contributed by atoms with Crippen molar-refractivity contribution in [2.45, 2.75) is 23.5 Å². The molecule has 3 heterocycles. The van der Waals surface area contributed by atoms with Gasteiger partial charge in [0.25, 0.3) is 10.0 Å². The number of carboxylic acids is 1. The van der Waals surface area contributed by atoms with Gasteiger partial charge in [0.1, 0.15) is 5.92 Å². The fourth-order valence-electron chi connectivity index (χ4n) is 4.54. The summed E-state index contributed by atoms with van der Waals surface area (Å²) in [5.74, 6) is -3.32. The minimum absolute atomic E-state index is 0.122. The number of sulfonamides is 1. The van der Waals surface area contributed by atoms with E-state index in [2.05, 4.69) is 5.32 Å². The molecule has 3 aliphatic rings. The van der Waals surface area contributed by atoms with Gasteiger partial charge in [0.05, 0.1) is 28.7 Å². The standard InChI is InChI=1S/C22H20N2O6S/c25-21(19-17-9-10-18(30-17)20(19)22(26)27)23-14-5-7-15(8-6-14)31(28,29)24-12-11-13-3-1-2-4-16(13)24/h1-10,17-20H,11-12H2,(H,23,25)(H,26,27)/t17-,18-,19+,20-/m0/s1. The van der Waals surface area contributed by atoms with Gasteiger partial charge in [0, 0.05) is 12.2 Å². The average molecular weight is 440 g/mol. The number of para-hydroxylation sites is 1. The summed E-state index contributed by atoms with van der Waals surface area (Å²) in [5, 5.41) is 12.1. The van der Waals surface area contributed by atoms with Gasteiger partial charge < -0.3 is 15.2 Å². The Morgan fingerprint density at radius 1 is 1.00 bits per heavy atom. The number of hydrogen-bond donors (Lipinski definition) is 2. The number of carbonyl (C=O) groups is 2. The number of benzene rings is 2. The van der Waals surface area contributed by atoms with E-state index in [9.17, 15) is 23.1 Å². The lowest BCUT2D eigenvalue weighted by Crippen LogP contribution is -2.39. The Kier molecular flexibility index (Phi) is 4.60. The van der Waals surface area contributed by atoms with E-state index in [1.165, 1.54) is 28.6 Å². The number of ether oxygens (including phenoxy) is 1. The summed E-state index contributed by atoms with van der Waals surface area (Å²) >= 11 is 0. The van der Waals surface area contributed by atoms with Crippen LogP contribution in [-0.4, -0.2) is 44.2 Å². The molecule has 0 radical (unpaired) electrons.